The molecule has 34 heavy (non-hydrogen) atoms. The van der Waals surface area contributed by atoms with Crippen molar-refractivity contribution in [2.75, 3.05) is 18.6 Å². The van der Waals surface area contributed by atoms with Crippen LogP contribution in [0.4, 0.5) is 23.7 Å². The van der Waals surface area contributed by atoms with E-state index in [1.165, 1.54) is 29.4 Å². The Morgan fingerprint density at radius 2 is 1.82 bits per heavy atom. The smallest absolute Gasteiger partial charge is 0.373 e. The highest BCUT2D eigenvalue weighted by Crippen LogP contribution is 2.42. The zero-order valence-corrected chi connectivity index (χ0v) is 18.7. The van der Waals surface area contributed by atoms with Gasteiger partial charge < -0.3 is 9.64 Å². The van der Waals surface area contributed by atoms with Crippen LogP contribution in [0.5, 0.6) is 0 Å². The third-order valence-electron chi connectivity index (χ3n) is 5.65. The molecule has 6 nitrogen and oxygen atoms in total. The van der Waals surface area contributed by atoms with Gasteiger partial charge in [-0.1, -0.05) is 36.4 Å². The number of alkyl halides is 3. The number of hydrogen-bond acceptors (Lipinski definition) is 5. The number of benzene rings is 2. The largest absolute Gasteiger partial charge is 0.417 e. The fraction of sp³-hybridized carbons (Fsp3) is 0.208. The van der Waals surface area contributed by atoms with Crippen LogP contribution in [-0.4, -0.2) is 30.5 Å². The number of rotatable bonds is 6. The molecule has 2 heterocycles. The van der Waals surface area contributed by atoms with Crippen molar-refractivity contribution in [3.05, 3.63) is 87.6 Å². The van der Waals surface area contributed by atoms with Crippen LogP contribution in [0.2, 0.25) is 0 Å². The molecule has 3 amide bonds. The van der Waals surface area contributed by atoms with Crippen molar-refractivity contribution < 1.29 is 27.5 Å². The van der Waals surface area contributed by atoms with Crippen molar-refractivity contribution in [1.29, 1.82) is 5.26 Å². The molecule has 1 fully saturated rings. The molecule has 10 heteroatoms. The van der Waals surface area contributed by atoms with Gasteiger partial charge in [0.05, 0.1) is 36.1 Å². The van der Waals surface area contributed by atoms with E-state index in [0.29, 0.717) is 15.8 Å². The van der Waals surface area contributed by atoms with Gasteiger partial charge in [-0.15, -0.1) is 11.3 Å². The lowest BCUT2D eigenvalue weighted by atomic mass is 9.96. The summed E-state index contributed by atoms with van der Waals surface area (Å²) >= 11 is 1.24. The maximum absolute atomic E-state index is 13.7. The van der Waals surface area contributed by atoms with Crippen LogP contribution in [-0.2, 0) is 27.9 Å². The Hall–Kier alpha value is -3.68. The molecule has 1 unspecified atom stereocenters. The molecule has 2 aromatic carbocycles. The summed E-state index contributed by atoms with van der Waals surface area (Å²) in [6, 6.07) is 16.1. The number of nitrogens with zero attached hydrogens (tertiary/aromatic N) is 3. The van der Waals surface area contributed by atoms with Crippen molar-refractivity contribution >= 4 is 29.0 Å². The van der Waals surface area contributed by atoms with Crippen molar-refractivity contribution in [1.82, 2.24) is 4.90 Å². The van der Waals surface area contributed by atoms with Gasteiger partial charge in [0.1, 0.15) is 0 Å². The number of carbonyl (C=O) groups excluding carboxylic acids is 2. The second kappa shape index (κ2) is 8.93. The van der Waals surface area contributed by atoms with E-state index >= 15 is 0 Å². The van der Waals surface area contributed by atoms with Gasteiger partial charge in [0.25, 0.3) is 5.91 Å². The van der Waals surface area contributed by atoms with Crippen LogP contribution >= 0.6 is 11.3 Å². The maximum atomic E-state index is 13.7. The molecule has 0 bridgehead atoms. The topological polar surface area (TPSA) is 73.6 Å². The molecule has 0 spiro atoms. The fourth-order valence-corrected chi connectivity index (χ4v) is 4.80. The summed E-state index contributed by atoms with van der Waals surface area (Å²) in [5, 5.41) is 10.8. The van der Waals surface area contributed by atoms with E-state index in [1.807, 2.05) is 30.3 Å². The molecule has 0 radical (unpaired) electrons. The second-order valence-corrected chi connectivity index (χ2v) is 8.59. The standard InChI is InChI=1S/C24H18F3N3O3S/c1-29-22(32)30(18-10-9-17(13-28)19(12-18)24(25,26)27)21(31)23(29,20-8-5-11-34-20)15-33-14-16-6-3-2-4-7-16/h2-12H,14-15H2,1H3. The Morgan fingerprint density at radius 3 is 2.44 bits per heavy atom. The first-order valence-corrected chi connectivity index (χ1v) is 11.0. The molecule has 174 valence electrons. The van der Waals surface area contributed by atoms with E-state index in [0.717, 1.165) is 17.7 Å². The number of nitriles is 1. The van der Waals surface area contributed by atoms with Crippen molar-refractivity contribution in [2.45, 2.75) is 18.3 Å². The number of amides is 3. The van der Waals surface area contributed by atoms with Crippen LogP contribution in [0, 0.1) is 11.3 Å². The molecule has 1 aliphatic heterocycles. The van der Waals surface area contributed by atoms with Gasteiger partial charge in [0.2, 0.25) is 0 Å². The number of imide groups is 1. The molecular formula is C24H18F3N3O3S. The highest BCUT2D eigenvalue weighted by molar-refractivity contribution is 7.10. The zero-order valence-electron chi connectivity index (χ0n) is 17.9. The van der Waals surface area contributed by atoms with Gasteiger partial charge in [-0.05, 0) is 35.2 Å². The molecule has 4 rings (SSSR count). The van der Waals surface area contributed by atoms with Crippen LogP contribution in [0.25, 0.3) is 0 Å². The zero-order chi connectivity index (χ0) is 24.5. The minimum atomic E-state index is -4.83. The Morgan fingerprint density at radius 1 is 1.09 bits per heavy atom. The first kappa shape index (κ1) is 23.5. The minimum absolute atomic E-state index is 0.179. The van der Waals surface area contributed by atoms with E-state index in [-0.39, 0.29) is 18.9 Å². The quantitative estimate of drug-likeness (QED) is 0.453. The van der Waals surface area contributed by atoms with Gasteiger partial charge in [-0.3, -0.25) is 4.79 Å². The maximum Gasteiger partial charge on any atom is 0.417 e. The second-order valence-electron chi connectivity index (χ2n) is 7.64. The predicted octanol–water partition coefficient (Wildman–Crippen LogP) is 5.15. The Balaban J connectivity index is 1.73. The summed E-state index contributed by atoms with van der Waals surface area (Å²) in [5.74, 6) is -0.728. The Labute approximate surface area is 197 Å². The van der Waals surface area contributed by atoms with Crippen molar-refractivity contribution in [3.63, 3.8) is 0 Å². The van der Waals surface area contributed by atoms with Crippen LogP contribution < -0.4 is 4.90 Å². The molecule has 0 saturated carbocycles. The van der Waals surface area contributed by atoms with E-state index in [9.17, 15) is 22.8 Å². The molecule has 1 aromatic heterocycles. The average Bonchev–Trinajstić information content (AvgIpc) is 3.42. The molecule has 1 aliphatic rings. The Kier molecular flexibility index (Phi) is 6.17. The number of ether oxygens (including phenoxy) is 1. The van der Waals surface area contributed by atoms with E-state index in [1.54, 1.807) is 17.5 Å². The van der Waals surface area contributed by atoms with Crippen LogP contribution in [0.1, 0.15) is 21.6 Å². The molecule has 3 aromatic rings. The molecular weight excluding hydrogens is 467 g/mol. The van der Waals surface area contributed by atoms with Gasteiger partial charge in [0.15, 0.2) is 5.54 Å². The normalized spacial score (nSPS) is 18.4. The summed E-state index contributed by atoms with van der Waals surface area (Å²) < 4.78 is 46.4. The lowest BCUT2D eigenvalue weighted by Crippen LogP contribution is -2.48. The molecule has 0 aliphatic carbocycles. The van der Waals surface area contributed by atoms with Gasteiger partial charge in [-0.2, -0.15) is 18.4 Å². The monoisotopic (exact) mass is 485 g/mol. The highest BCUT2D eigenvalue weighted by Gasteiger charge is 2.58. The van der Waals surface area contributed by atoms with Gasteiger partial charge in [-0.25, -0.2) is 9.69 Å². The summed E-state index contributed by atoms with van der Waals surface area (Å²) in [6.07, 6.45) is -4.83. The fourth-order valence-electron chi connectivity index (χ4n) is 3.86. The number of urea groups is 1. The van der Waals surface area contributed by atoms with Gasteiger partial charge in [0, 0.05) is 11.9 Å². The lowest BCUT2D eigenvalue weighted by Gasteiger charge is -2.31. The first-order valence-electron chi connectivity index (χ1n) is 10.1. The number of thiophene rings is 1. The summed E-state index contributed by atoms with van der Waals surface area (Å²) in [7, 11) is 1.42. The Bertz CT molecular complexity index is 1260. The molecule has 1 saturated heterocycles. The number of anilines is 1. The minimum Gasteiger partial charge on any atom is -0.373 e. The first-order chi connectivity index (χ1) is 16.2. The SMILES string of the molecule is CN1C(=O)N(c2ccc(C#N)c(C(F)(F)F)c2)C(=O)C1(COCc1ccccc1)c1cccs1. The summed E-state index contributed by atoms with van der Waals surface area (Å²) in [6.45, 7) is -0.0131. The summed E-state index contributed by atoms with van der Waals surface area (Å²) in [5.41, 5.74) is -2.77. The number of halogens is 3. The van der Waals surface area contributed by atoms with Crippen LogP contribution in [0.3, 0.4) is 0 Å². The number of carbonyl (C=O) groups is 2. The van der Waals surface area contributed by atoms with Crippen molar-refractivity contribution in [2.24, 2.45) is 0 Å². The summed E-state index contributed by atoms with van der Waals surface area (Å²) in [4.78, 5) is 29.4. The third kappa shape index (κ3) is 3.93. The molecule has 0 N–H and O–H groups in total. The van der Waals surface area contributed by atoms with E-state index in [4.69, 9.17) is 10.00 Å². The highest BCUT2D eigenvalue weighted by atomic mass is 32.1. The van der Waals surface area contributed by atoms with Gasteiger partial charge >= 0.3 is 12.2 Å². The number of likely N-dealkylation sites (N-methyl/N-ethyl adjacent to an activating group) is 1. The third-order valence-corrected chi connectivity index (χ3v) is 6.67. The number of hydrogen-bond donors (Lipinski definition) is 0. The van der Waals surface area contributed by atoms with E-state index in [2.05, 4.69) is 0 Å². The average molecular weight is 485 g/mol. The van der Waals surface area contributed by atoms with Crippen molar-refractivity contribution in [3.8, 4) is 6.07 Å². The molecule has 1 atom stereocenters. The lowest BCUT2D eigenvalue weighted by molar-refractivity contribution is -0.137. The van der Waals surface area contributed by atoms with Crippen LogP contribution in [0.15, 0.2) is 66.0 Å². The van der Waals surface area contributed by atoms with E-state index < -0.39 is 34.8 Å². The predicted molar refractivity (Wildman–Crippen MR) is 119 cm³/mol.